The van der Waals surface area contributed by atoms with Crippen molar-refractivity contribution in [2.24, 2.45) is 4.99 Å². The third-order valence-corrected chi connectivity index (χ3v) is 2.21. The summed E-state index contributed by atoms with van der Waals surface area (Å²) in [6.07, 6.45) is 10.1. The second-order valence-electron chi connectivity index (χ2n) is 3.40. The van der Waals surface area contributed by atoms with Crippen LogP contribution in [0.3, 0.4) is 0 Å². The number of aliphatic imine (C=N–C) groups is 1. The fourth-order valence-electron chi connectivity index (χ4n) is 1.42. The molecule has 1 fully saturated rings. The van der Waals surface area contributed by atoms with Crippen molar-refractivity contribution in [2.45, 2.75) is 38.5 Å². The SMILES string of the molecule is C1=NCCCC1.C1CCNCC1. The van der Waals surface area contributed by atoms with Gasteiger partial charge in [0.1, 0.15) is 0 Å². The predicted molar refractivity (Wildman–Crippen MR) is 53.9 cm³/mol. The number of hydrogen-bond acceptors (Lipinski definition) is 2. The summed E-state index contributed by atoms with van der Waals surface area (Å²) in [5.74, 6) is 0. The van der Waals surface area contributed by atoms with Crippen LogP contribution in [0.5, 0.6) is 0 Å². The Morgan fingerprint density at radius 3 is 1.92 bits per heavy atom. The van der Waals surface area contributed by atoms with Gasteiger partial charge >= 0.3 is 0 Å². The number of rotatable bonds is 0. The van der Waals surface area contributed by atoms with Crippen molar-refractivity contribution in [1.82, 2.24) is 5.32 Å². The molecule has 1 saturated heterocycles. The van der Waals surface area contributed by atoms with E-state index in [-0.39, 0.29) is 0 Å². The van der Waals surface area contributed by atoms with Gasteiger partial charge in [-0.3, -0.25) is 4.99 Å². The number of nitrogens with zero attached hydrogens (tertiary/aromatic N) is 1. The van der Waals surface area contributed by atoms with Crippen LogP contribution in [0.1, 0.15) is 38.5 Å². The Labute approximate surface area is 75.5 Å². The van der Waals surface area contributed by atoms with Crippen molar-refractivity contribution in [1.29, 1.82) is 0 Å². The summed E-state index contributed by atoms with van der Waals surface area (Å²) in [4.78, 5) is 4.05. The van der Waals surface area contributed by atoms with E-state index in [0.29, 0.717) is 0 Å². The summed E-state index contributed by atoms with van der Waals surface area (Å²) in [7, 11) is 0. The summed E-state index contributed by atoms with van der Waals surface area (Å²) in [5.41, 5.74) is 0. The van der Waals surface area contributed by atoms with Crippen molar-refractivity contribution in [3.63, 3.8) is 0 Å². The zero-order valence-corrected chi connectivity index (χ0v) is 7.89. The van der Waals surface area contributed by atoms with Crippen molar-refractivity contribution in [3.05, 3.63) is 0 Å². The first kappa shape index (κ1) is 9.72. The van der Waals surface area contributed by atoms with Crippen LogP contribution in [0.25, 0.3) is 0 Å². The molecule has 70 valence electrons. The Morgan fingerprint density at radius 1 is 0.917 bits per heavy atom. The molecule has 0 aromatic heterocycles. The molecular weight excluding hydrogens is 148 g/mol. The average Bonchev–Trinajstić information content (AvgIpc) is 2.24. The standard InChI is InChI=1S/C5H11N.C5H9N/c2*1-2-4-6-5-3-1/h6H,1-5H2;4H,1-3,5H2. The first-order valence-corrected chi connectivity index (χ1v) is 5.19. The van der Waals surface area contributed by atoms with Crippen LogP contribution in [0.15, 0.2) is 4.99 Å². The lowest BCUT2D eigenvalue weighted by molar-refractivity contribution is 0.520. The summed E-state index contributed by atoms with van der Waals surface area (Å²) in [5, 5.41) is 3.28. The monoisotopic (exact) mass is 168 g/mol. The van der Waals surface area contributed by atoms with Gasteiger partial charge in [-0.15, -0.1) is 0 Å². The largest absolute Gasteiger partial charge is 0.317 e. The lowest BCUT2D eigenvalue weighted by atomic mass is 10.2. The molecule has 0 amide bonds. The lowest BCUT2D eigenvalue weighted by Crippen LogP contribution is -2.21. The van der Waals surface area contributed by atoms with Crippen molar-refractivity contribution in [2.75, 3.05) is 19.6 Å². The molecule has 0 aliphatic carbocycles. The number of nitrogens with one attached hydrogen (secondary N) is 1. The second-order valence-corrected chi connectivity index (χ2v) is 3.40. The minimum absolute atomic E-state index is 1.07. The molecule has 0 unspecified atom stereocenters. The maximum atomic E-state index is 4.05. The Morgan fingerprint density at radius 2 is 1.75 bits per heavy atom. The van der Waals surface area contributed by atoms with E-state index < -0.39 is 0 Å². The second kappa shape index (κ2) is 7.29. The van der Waals surface area contributed by atoms with Gasteiger partial charge in [-0.05, 0) is 51.4 Å². The van der Waals surface area contributed by atoms with Gasteiger partial charge in [0.2, 0.25) is 0 Å². The highest BCUT2D eigenvalue weighted by Crippen LogP contribution is 1.97. The van der Waals surface area contributed by atoms with Crippen molar-refractivity contribution >= 4 is 6.21 Å². The van der Waals surface area contributed by atoms with E-state index in [1.165, 1.54) is 51.6 Å². The third kappa shape index (κ3) is 5.30. The van der Waals surface area contributed by atoms with Gasteiger partial charge in [0.15, 0.2) is 0 Å². The van der Waals surface area contributed by atoms with E-state index in [0.717, 1.165) is 6.54 Å². The van der Waals surface area contributed by atoms with Crippen molar-refractivity contribution in [3.8, 4) is 0 Å². The first-order valence-electron chi connectivity index (χ1n) is 5.19. The fraction of sp³-hybridized carbons (Fsp3) is 0.900. The van der Waals surface area contributed by atoms with E-state index >= 15 is 0 Å². The molecule has 0 aromatic carbocycles. The summed E-state index contributed by atoms with van der Waals surface area (Å²) < 4.78 is 0. The van der Waals surface area contributed by atoms with Crippen LogP contribution in [-0.4, -0.2) is 25.8 Å². The molecule has 0 spiro atoms. The zero-order valence-electron chi connectivity index (χ0n) is 7.89. The molecule has 0 aromatic rings. The highest BCUT2D eigenvalue weighted by Gasteiger charge is 1.93. The molecule has 0 radical (unpaired) electrons. The predicted octanol–water partition coefficient (Wildman–Crippen LogP) is 2.00. The molecule has 12 heavy (non-hydrogen) atoms. The lowest BCUT2D eigenvalue weighted by Gasteiger charge is -2.08. The maximum absolute atomic E-state index is 4.05. The molecule has 0 atom stereocenters. The fourth-order valence-corrected chi connectivity index (χ4v) is 1.42. The molecule has 2 aliphatic rings. The van der Waals surface area contributed by atoms with Gasteiger partial charge in [0.05, 0.1) is 0 Å². The van der Waals surface area contributed by atoms with Gasteiger partial charge in [-0.25, -0.2) is 0 Å². The van der Waals surface area contributed by atoms with E-state index in [9.17, 15) is 0 Å². The van der Waals surface area contributed by atoms with Gasteiger partial charge in [-0.1, -0.05) is 6.42 Å². The number of hydrogen-bond donors (Lipinski definition) is 1. The highest BCUT2D eigenvalue weighted by atomic mass is 14.9. The van der Waals surface area contributed by atoms with Gasteiger partial charge in [0, 0.05) is 6.54 Å². The van der Waals surface area contributed by atoms with Crippen LogP contribution in [0.2, 0.25) is 0 Å². The van der Waals surface area contributed by atoms with Gasteiger partial charge < -0.3 is 5.32 Å². The van der Waals surface area contributed by atoms with E-state index in [1.54, 1.807) is 0 Å². The Hall–Kier alpha value is -0.370. The van der Waals surface area contributed by atoms with Crippen LogP contribution >= 0.6 is 0 Å². The van der Waals surface area contributed by atoms with Crippen LogP contribution < -0.4 is 5.32 Å². The third-order valence-electron chi connectivity index (χ3n) is 2.21. The summed E-state index contributed by atoms with van der Waals surface area (Å²) >= 11 is 0. The molecule has 2 rings (SSSR count). The smallest absolute Gasteiger partial charge is 0.0385 e. The average molecular weight is 168 g/mol. The van der Waals surface area contributed by atoms with Crippen LogP contribution in [-0.2, 0) is 0 Å². The van der Waals surface area contributed by atoms with Gasteiger partial charge in [0.25, 0.3) is 0 Å². The molecule has 0 bridgehead atoms. The molecule has 2 heterocycles. The van der Waals surface area contributed by atoms with Crippen molar-refractivity contribution < 1.29 is 0 Å². The highest BCUT2D eigenvalue weighted by molar-refractivity contribution is 5.57. The zero-order chi connectivity index (χ0) is 8.49. The normalized spacial score (nSPS) is 22.7. The van der Waals surface area contributed by atoms with E-state index in [1.807, 2.05) is 6.21 Å². The molecule has 0 saturated carbocycles. The Kier molecular flexibility index (Phi) is 5.90. The molecule has 2 nitrogen and oxygen atoms in total. The topological polar surface area (TPSA) is 24.4 Å². The maximum Gasteiger partial charge on any atom is 0.0385 e. The quantitative estimate of drug-likeness (QED) is 0.588. The minimum Gasteiger partial charge on any atom is -0.317 e. The molecule has 1 N–H and O–H groups in total. The summed E-state index contributed by atoms with van der Waals surface area (Å²) in [6.45, 7) is 3.57. The molecular formula is C10H20N2. The number of piperidine rings is 1. The van der Waals surface area contributed by atoms with E-state index in [2.05, 4.69) is 10.3 Å². The molecule has 2 heteroatoms. The Balaban J connectivity index is 0.000000120. The Bertz CT molecular complexity index is 97.5. The summed E-state index contributed by atoms with van der Waals surface area (Å²) in [6, 6.07) is 0. The van der Waals surface area contributed by atoms with Crippen LogP contribution in [0.4, 0.5) is 0 Å². The van der Waals surface area contributed by atoms with Crippen LogP contribution in [0, 0.1) is 0 Å². The van der Waals surface area contributed by atoms with E-state index in [4.69, 9.17) is 0 Å². The minimum atomic E-state index is 1.07. The molecule has 2 aliphatic heterocycles. The van der Waals surface area contributed by atoms with Gasteiger partial charge in [-0.2, -0.15) is 0 Å². The first-order chi connectivity index (χ1) is 6.00.